The van der Waals surface area contributed by atoms with Crippen LogP contribution in [0.1, 0.15) is 0 Å². The number of nitrogens with one attached hydrogen (secondary N) is 2. The maximum absolute atomic E-state index is 12.5. The molecule has 0 radical (unpaired) electrons. The van der Waals surface area contributed by atoms with Crippen molar-refractivity contribution in [2.75, 3.05) is 22.1 Å². The average molecular weight is 541 g/mol. The van der Waals surface area contributed by atoms with Crippen LogP contribution in [0.3, 0.4) is 0 Å². The van der Waals surface area contributed by atoms with Crippen LogP contribution >= 0.6 is 23.5 Å². The van der Waals surface area contributed by atoms with Gasteiger partial charge in [-0.25, -0.2) is 9.97 Å². The van der Waals surface area contributed by atoms with Gasteiger partial charge in [-0.1, -0.05) is 59.9 Å². The first kappa shape index (κ1) is 24.1. The van der Waals surface area contributed by atoms with Gasteiger partial charge in [-0.2, -0.15) is 0 Å². The van der Waals surface area contributed by atoms with Crippen molar-refractivity contribution in [1.29, 1.82) is 0 Å². The number of thioether (sulfide) groups is 2. The van der Waals surface area contributed by atoms with Gasteiger partial charge in [0.1, 0.15) is 11.0 Å². The van der Waals surface area contributed by atoms with Gasteiger partial charge in [0.15, 0.2) is 11.2 Å². The Hall–Kier alpha value is -4.28. The number of hydrogen-bond donors (Lipinski definition) is 2. The van der Waals surface area contributed by atoms with Gasteiger partial charge in [0, 0.05) is 11.4 Å². The zero-order valence-corrected chi connectivity index (χ0v) is 21.5. The predicted molar refractivity (Wildman–Crippen MR) is 151 cm³/mol. The van der Waals surface area contributed by atoms with E-state index in [1.807, 2.05) is 84.9 Å². The fraction of sp³-hybridized carbons (Fsp3) is 0.0714. The van der Waals surface area contributed by atoms with Gasteiger partial charge in [-0.15, -0.1) is 0 Å². The van der Waals surface area contributed by atoms with E-state index < -0.39 is 0 Å². The number of hydrogen-bond acceptors (Lipinski definition) is 8. The molecule has 0 spiro atoms. The summed E-state index contributed by atoms with van der Waals surface area (Å²) < 4.78 is 11.3. The molecule has 6 rings (SSSR count). The lowest BCUT2D eigenvalue weighted by Crippen LogP contribution is -2.14. The summed E-state index contributed by atoms with van der Waals surface area (Å²) >= 11 is 2.48. The van der Waals surface area contributed by atoms with Crippen LogP contribution in [-0.2, 0) is 9.59 Å². The lowest BCUT2D eigenvalue weighted by molar-refractivity contribution is -0.114. The summed E-state index contributed by atoms with van der Waals surface area (Å²) in [6, 6.07) is 26.2. The molecule has 0 unspecified atom stereocenters. The zero-order chi connectivity index (χ0) is 25.9. The minimum Gasteiger partial charge on any atom is -0.431 e. The number of benzene rings is 4. The number of nitrogens with zero attached hydrogens (tertiary/aromatic N) is 2. The highest BCUT2D eigenvalue weighted by Crippen LogP contribution is 2.26. The van der Waals surface area contributed by atoms with Crippen molar-refractivity contribution in [2.24, 2.45) is 0 Å². The van der Waals surface area contributed by atoms with E-state index in [-0.39, 0.29) is 23.3 Å². The molecule has 10 heteroatoms. The van der Waals surface area contributed by atoms with E-state index in [4.69, 9.17) is 8.83 Å². The quantitative estimate of drug-likeness (QED) is 0.208. The van der Waals surface area contributed by atoms with E-state index >= 15 is 0 Å². The third-order valence-electron chi connectivity index (χ3n) is 5.61. The molecule has 0 saturated carbocycles. The molecule has 0 aliphatic rings. The normalized spacial score (nSPS) is 11.3. The molecule has 2 aromatic heterocycles. The zero-order valence-electron chi connectivity index (χ0n) is 19.8. The molecule has 0 bridgehead atoms. The van der Waals surface area contributed by atoms with Crippen molar-refractivity contribution in [3.05, 3.63) is 84.9 Å². The van der Waals surface area contributed by atoms with Crippen LogP contribution < -0.4 is 10.6 Å². The van der Waals surface area contributed by atoms with E-state index in [9.17, 15) is 9.59 Å². The Labute approximate surface area is 225 Å². The number of aromatic nitrogens is 2. The first-order chi connectivity index (χ1) is 18.6. The number of anilines is 2. The second-order valence-electron chi connectivity index (χ2n) is 8.35. The van der Waals surface area contributed by atoms with Crippen molar-refractivity contribution in [3.8, 4) is 0 Å². The number of carbonyl (C=O) groups is 2. The number of carbonyl (C=O) groups excluding carboxylic acids is 2. The fourth-order valence-electron chi connectivity index (χ4n) is 3.88. The lowest BCUT2D eigenvalue weighted by Gasteiger charge is -2.09. The van der Waals surface area contributed by atoms with Gasteiger partial charge < -0.3 is 19.5 Å². The van der Waals surface area contributed by atoms with Gasteiger partial charge in [-0.3, -0.25) is 9.59 Å². The summed E-state index contributed by atoms with van der Waals surface area (Å²) in [5.41, 5.74) is 4.23. The minimum atomic E-state index is -0.169. The maximum atomic E-state index is 12.5. The number of oxazole rings is 2. The Morgan fingerprint density at radius 1 is 0.632 bits per heavy atom. The van der Waals surface area contributed by atoms with Crippen molar-refractivity contribution in [1.82, 2.24) is 9.97 Å². The van der Waals surface area contributed by atoms with E-state index in [1.165, 1.54) is 23.5 Å². The number of para-hydroxylation sites is 4. The lowest BCUT2D eigenvalue weighted by atomic mass is 10.1. The standard InChI is InChI=1S/C28H20N4O4S2/c33-25(15-37-27-31-21-5-1-3-7-23(21)35-27)29-19-11-9-17-10-12-20(14-18(17)13-19)30-26(34)16-38-28-32-22-6-2-4-8-24(22)36-28/h1-14H,15-16H2,(H,29,33)(H,30,34). The van der Waals surface area contributed by atoms with Crippen molar-refractivity contribution < 1.29 is 18.4 Å². The topological polar surface area (TPSA) is 110 Å². The number of fused-ring (bicyclic) bond motifs is 3. The molecule has 0 atom stereocenters. The fourth-order valence-corrected chi connectivity index (χ4v) is 5.15. The molecule has 2 N–H and O–H groups in total. The van der Waals surface area contributed by atoms with E-state index in [0.717, 1.165) is 21.8 Å². The minimum absolute atomic E-state index is 0.165. The Balaban J connectivity index is 1.06. The van der Waals surface area contributed by atoms with Crippen LogP contribution in [0.25, 0.3) is 33.0 Å². The first-order valence-corrected chi connectivity index (χ1v) is 13.7. The first-order valence-electron chi connectivity index (χ1n) is 11.7. The predicted octanol–water partition coefficient (Wildman–Crippen LogP) is 6.58. The van der Waals surface area contributed by atoms with Crippen LogP contribution in [-0.4, -0.2) is 33.3 Å². The molecule has 0 saturated heterocycles. The highest BCUT2D eigenvalue weighted by molar-refractivity contribution is 8.00. The van der Waals surface area contributed by atoms with Crippen LogP contribution in [0, 0.1) is 0 Å². The number of amides is 2. The van der Waals surface area contributed by atoms with Gasteiger partial charge in [0.25, 0.3) is 10.4 Å². The second kappa shape index (κ2) is 10.6. The summed E-state index contributed by atoms with van der Waals surface area (Å²) in [6.45, 7) is 0. The molecule has 0 fully saturated rings. The van der Waals surface area contributed by atoms with Gasteiger partial charge >= 0.3 is 0 Å². The molecule has 2 heterocycles. The van der Waals surface area contributed by atoms with Crippen LogP contribution in [0.4, 0.5) is 11.4 Å². The van der Waals surface area contributed by atoms with E-state index in [2.05, 4.69) is 20.6 Å². The van der Waals surface area contributed by atoms with Crippen molar-refractivity contribution >= 4 is 79.7 Å². The van der Waals surface area contributed by atoms with Crippen molar-refractivity contribution in [2.45, 2.75) is 10.4 Å². The van der Waals surface area contributed by atoms with E-state index in [1.54, 1.807) is 0 Å². The monoisotopic (exact) mass is 540 g/mol. The Morgan fingerprint density at radius 3 is 1.58 bits per heavy atom. The highest BCUT2D eigenvalue weighted by atomic mass is 32.2. The second-order valence-corrected chi connectivity index (χ2v) is 10.2. The SMILES string of the molecule is O=C(CSc1nc2ccccc2o1)Nc1ccc2ccc(NC(=O)CSc3nc4ccccc4o3)cc2c1. The molecule has 8 nitrogen and oxygen atoms in total. The molecular weight excluding hydrogens is 520 g/mol. The highest BCUT2D eigenvalue weighted by Gasteiger charge is 2.12. The molecule has 38 heavy (non-hydrogen) atoms. The summed E-state index contributed by atoms with van der Waals surface area (Å²) in [5, 5.41) is 8.60. The third-order valence-corrected chi connectivity index (χ3v) is 7.27. The van der Waals surface area contributed by atoms with Crippen LogP contribution in [0.2, 0.25) is 0 Å². The molecule has 4 aromatic carbocycles. The van der Waals surface area contributed by atoms with Gasteiger partial charge in [0.05, 0.1) is 11.5 Å². The van der Waals surface area contributed by atoms with Gasteiger partial charge in [-0.05, 0) is 59.3 Å². The Kier molecular flexibility index (Phi) is 6.72. The maximum Gasteiger partial charge on any atom is 0.257 e. The largest absolute Gasteiger partial charge is 0.431 e. The average Bonchev–Trinajstić information content (AvgIpc) is 3.54. The van der Waals surface area contributed by atoms with Crippen LogP contribution in [0.15, 0.2) is 104 Å². The smallest absolute Gasteiger partial charge is 0.257 e. The van der Waals surface area contributed by atoms with E-state index in [0.29, 0.717) is 33.0 Å². The van der Waals surface area contributed by atoms with Crippen LogP contribution in [0.5, 0.6) is 0 Å². The molecule has 2 amide bonds. The molecule has 0 aliphatic carbocycles. The van der Waals surface area contributed by atoms with Crippen molar-refractivity contribution in [3.63, 3.8) is 0 Å². The Morgan fingerprint density at radius 2 is 1.11 bits per heavy atom. The number of rotatable bonds is 8. The molecule has 6 aromatic rings. The summed E-state index contributed by atoms with van der Waals surface area (Å²) in [5.74, 6) is -0.00759. The summed E-state index contributed by atoms with van der Waals surface area (Å²) in [4.78, 5) is 33.8. The molecular formula is C28H20N4O4S2. The summed E-state index contributed by atoms with van der Waals surface area (Å²) in [7, 11) is 0. The summed E-state index contributed by atoms with van der Waals surface area (Å²) in [6.07, 6.45) is 0. The van der Waals surface area contributed by atoms with Gasteiger partial charge in [0.2, 0.25) is 11.8 Å². The Bertz CT molecular complexity index is 1600. The molecule has 0 aliphatic heterocycles. The third kappa shape index (κ3) is 5.51. The molecule has 188 valence electrons.